The van der Waals surface area contributed by atoms with E-state index in [4.69, 9.17) is 24.2 Å². The Hall–Kier alpha value is -1.78. The number of pyridine rings is 1. The molecule has 5 heteroatoms. The second-order valence-electron chi connectivity index (χ2n) is 6.24. The quantitative estimate of drug-likeness (QED) is 0.262. The average Bonchev–Trinajstić information content (AvgIpc) is 2.62. The fraction of sp³-hybridized carbons (Fsp3) is 0.350. The van der Waals surface area contributed by atoms with Gasteiger partial charge in [0, 0.05) is 28.8 Å². The van der Waals surface area contributed by atoms with E-state index in [2.05, 4.69) is 17.3 Å². The molecule has 2 aromatic rings. The van der Waals surface area contributed by atoms with E-state index in [-0.39, 0.29) is 5.78 Å². The minimum Gasteiger partial charge on any atom is -0.758 e. The minimum atomic E-state index is -0.594. The van der Waals surface area contributed by atoms with Gasteiger partial charge in [-0.1, -0.05) is 11.6 Å². The van der Waals surface area contributed by atoms with Crippen molar-refractivity contribution in [1.29, 1.82) is 0 Å². The van der Waals surface area contributed by atoms with Crippen LogP contribution in [0.4, 0.5) is 0 Å². The third kappa shape index (κ3) is 4.07. The van der Waals surface area contributed by atoms with E-state index in [0.717, 1.165) is 12.8 Å². The third-order valence-electron chi connectivity index (χ3n) is 4.53. The molecule has 130 valence electrons. The van der Waals surface area contributed by atoms with Gasteiger partial charge in [-0.2, -0.15) is 4.57 Å². The zero-order valence-corrected chi connectivity index (χ0v) is 15.8. The molecule has 0 saturated heterocycles. The highest BCUT2D eigenvalue weighted by molar-refractivity contribution is 7.77. The monoisotopic (exact) mass is 372 g/mol. The van der Waals surface area contributed by atoms with E-state index in [1.807, 2.05) is 17.7 Å². The smallest absolute Gasteiger partial charge is 0.237 e. The Morgan fingerprint density at radius 2 is 1.88 bits per heavy atom. The molecule has 0 saturated carbocycles. The molecular formula is C20H21ClN2OS. The molecule has 0 aliphatic heterocycles. The van der Waals surface area contributed by atoms with Crippen LogP contribution in [0.1, 0.15) is 47.3 Å². The molecule has 0 N–H and O–H groups in total. The van der Waals surface area contributed by atoms with Gasteiger partial charge in [0.25, 0.3) is 0 Å². The van der Waals surface area contributed by atoms with Crippen molar-refractivity contribution < 1.29 is 9.36 Å². The van der Waals surface area contributed by atoms with E-state index in [1.54, 1.807) is 24.3 Å². The number of hydrogen-bond donors (Lipinski definition) is 0. The zero-order valence-electron chi connectivity index (χ0n) is 14.2. The van der Waals surface area contributed by atoms with Crippen LogP contribution in [0.3, 0.4) is 0 Å². The molecule has 1 aromatic carbocycles. The number of carbonyl (C=O) groups is 1. The summed E-state index contributed by atoms with van der Waals surface area (Å²) < 4.78 is 1.92. The Balaban J connectivity index is 2.01. The van der Waals surface area contributed by atoms with Gasteiger partial charge in [0.1, 0.15) is 0 Å². The summed E-state index contributed by atoms with van der Waals surface area (Å²) >= 11 is 11.4. The molecule has 0 fully saturated rings. The summed E-state index contributed by atoms with van der Waals surface area (Å²) in [6, 6.07) is 8.46. The van der Waals surface area contributed by atoms with Gasteiger partial charge in [-0.25, -0.2) is 0 Å². The summed E-state index contributed by atoms with van der Waals surface area (Å²) in [4.78, 5) is 17.5. The molecule has 1 heterocycles. The third-order valence-corrected chi connectivity index (χ3v) is 5.13. The summed E-state index contributed by atoms with van der Waals surface area (Å²) in [6.07, 6.45) is 8.61. The Labute approximate surface area is 159 Å². The van der Waals surface area contributed by atoms with E-state index in [9.17, 15) is 4.79 Å². The highest BCUT2D eigenvalue weighted by atomic mass is 35.5. The van der Waals surface area contributed by atoms with E-state index in [0.29, 0.717) is 22.2 Å². The number of halogens is 1. The minimum absolute atomic E-state index is 0.0559. The van der Waals surface area contributed by atoms with Crippen molar-refractivity contribution >= 4 is 35.1 Å². The molecule has 25 heavy (non-hydrogen) atoms. The maximum absolute atomic E-state index is 13.1. The lowest BCUT2D eigenvalue weighted by Crippen LogP contribution is -2.48. The normalized spacial score (nSPS) is 15.5. The molecule has 0 radical (unpaired) electrons. The van der Waals surface area contributed by atoms with Crippen LogP contribution in [-0.2, 0) is 25.5 Å². The maximum Gasteiger partial charge on any atom is 0.237 e. The van der Waals surface area contributed by atoms with E-state index < -0.39 is 6.04 Å². The van der Waals surface area contributed by atoms with Gasteiger partial charge in [-0.3, -0.25) is 4.79 Å². The topological polar surface area (TPSA) is 33.3 Å². The lowest BCUT2D eigenvalue weighted by molar-refractivity contribution is -0.692. The van der Waals surface area contributed by atoms with Gasteiger partial charge in [0.2, 0.25) is 11.8 Å². The van der Waals surface area contributed by atoms with Crippen LogP contribution in [0.25, 0.3) is 0 Å². The Kier molecular flexibility index (Phi) is 5.82. The molecule has 0 bridgehead atoms. The van der Waals surface area contributed by atoms with Crippen LogP contribution in [0.5, 0.6) is 0 Å². The average molecular weight is 373 g/mol. The lowest BCUT2D eigenvalue weighted by atomic mass is 9.93. The number of aliphatic imine (C=N–C) groups is 1. The van der Waals surface area contributed by atoms with Gasteiger partial charge in [0.15, 0.2) is 12.4 Å². The number of ketones is 1. The highest BCUT2D eigenvalue weighted by Gasteiger charge is 2.29. The maximum atomic E-state index is 13.1. The van der Waals surface area contributed by atoms with Crippen LogP contribution >= 0.6 is 11.6 Å². The van der Waals surface area contributed by atoms with Gasteiger partial charge >= 0.3 is 0 Å². The number of carbonyl (C=O) groups excluding carboxylic acids is 1. The van der Waals surface area contributed by atoms with Crippen molar-refractivity contribution in [3.8, 4) is 0 Å². The first-order valence-corrected chi connectivity index (χ1v) is 9.42. The fourth-order valence-corrected chi connectivity index (χ4v) is 3.72. The van der Waals surface area contributed by atoms with Crippen LogP contribution in [-0.4, -0.2) is 17.4 Å². The van der Waals surface area contributed by atoms with Crippen molar-refractivity contribution in [2.45, 2.75) is 38.6 Å². The molecule has 1 aliphatic rings. The van der Waals surface area contributed by atoms with Gasteiger partial charge in [-0.05, 0) is 67.5 Å². The number of fused-ring (bicyclic) bond motifs is 1. The molecule has 1 aromatic heterocycles. The van der Waals surface area contributed by atoms with E-state index in [1.165, 1.54) is 24.0 Å². The van der Waals surface area contributed by atoms with Crippen molar-refractivity contribution in [1.82, 2.24) is 0 Å². The number of aryl methyl sites for hydroxylation is 2. The van der Waals surface area contributed by atoms with Crippen LogP contribution < -0.4 is 4.57 Å². The first-order chi connectivity index (χ1) is 12.1. The number of benzene rings is 1. The number of hydrogen-bond acceptors (Lipinski definition) is 3. The molecule has 0 spiro atoms. The summed E-state index contributed by atoms with van der Waals surface area (Å²) in [6.45, 7) is 2.49. The number of aromatic nitrogens is 1. The SMILES string of the molecule is CCN=C([S-])C(C(=O)c1ccc(Cl)cc1)[n+]1ccc2c(c1)CCCC2. The molecular weight excluding hydrogens is 352 g/mol. The number of rotatable bonds is 5. The van der Waals surface area contributed by atoms with E-state index >= 15 is 0 Å². The molecule has 1 unspecified atom stereocenters. The first-order valence-electron chi connectivity index (χ1n) is 8.64. The van der Waals surface area contributed by atoms with Crippen molar-refractivity contribution in [2.24, 2.45) is 4.99 Å². The van der Waals surface area contributed by atoms with Gasteiger partial charge in [0.05, 0.1) is 0 Å². The highest BCUT2D eigenvalue weighted by Crippen LogP contribution is 2.21. The Morgan fingerprint density at radius 1 is 1.20 bits per heavy atom. The summed E-state index contributed by atoms with van der Waals surface area (Å²) in [7, 11) is 0. The van der Waals surface area contributed by atoms with Gasteiger partial charge < -0.3 is 17.6 Å². The number of Topliss-reactive ketones (excluding diaryl/α,β-unsaturated/α-hetero) is 1. The van der Waals surface area contributed by atoms with Crippen LogP contribution in [0.15, 0.2) is 47.7 Å². The van der Waals surface area contributed by atoms with Gasteiger partial charge in [-0.15, -0.1) is 0 Å². The first kappa shape index (κ1) is 18.0. The largest absolute Gasteiger partial charge is 0.758 e. The molecule has 3 rings (SSSR count). The standard InChI is InChI=1S/C20H21ClN2OS/c1-2-22-20(25)18(19(24)15-7-9-17(21)10-8-15)23-12-11-14-5-3-4-6-16(14)13-23/h7-13,18H,2-6H2,1H3. The predicted octanol–water partition coefficient (Wildman–Crippen LogP) is 3.90. The van der Waals surface area contributed by atoms with Crippen molar-refractivity contribution in [2.75, 3.05) is 6.54 Å². The number of nitrogens with zero attached hydrogens (tertiary/aromatic N) is 2. The predicted molar refractivity (Wildman–Crippen MR) is 103 cm³/mol. The Morgan fingerprint density at radius 3 is 2.56 bits per heavy atom. The molecule has 1 aliphatic carbocycles. The Bertz CT molecular complexity index is 802. The zero-order chi connectivity index (χ0) is 17.8. The second-order valence-corrected chi connectivity index (χ2v) is 7.09. The lowest BCUT2D eigenvalue weighted by Gasteiger charge is -2.20. The fourth-order valence-electron chi connectivity index (χ4n) is 3.24. The summed E-state index contributed by atoms with van der Waals surface area (Å²) in [5.41, 5.74) is 3.27. The van der Waals surface area contributed by atoms with Crippen LogP contribution in [0, 0.1) is 0 Å². The van der Waals surface area contributed by atoms with Crippen molar-refractivity contribution in [3.05, 3.63) is 64.4 Å². The molecule has 0 amide bonds. The van der Waals surface area contributed by atoms with Crippen molar-refractivity contribution in [3.63, 3.8) is 0 Å². The van der Waals surface area contributed by atoms with Crippen LogP contribution in [0.2, 0.25) is 5.02 Å². The molecule has 1 atom stereocenters. The summed E-state index contributed by atoms with van der Waals surface area (Å²) in [5.74, 6) is -0.0559. The summed E-state index contributed by atoms with van der Waals surface area (Å²) in [5, 5.41) is 1.03. The second kappa shape index (κ2) is 8.07. The molecule has 3 nitrogen and oxygen atoms in total.